The van der Waals surface area contributed by atoms with Gasteiger partial charge in [-0.05, 0) is 88.7 Å². The molecule has 4 aliphatic rings. The van der Waals surface area contributed by atoms with Gasteiger partial charge in [0.15, 0.2) is 0 Å². The van der Waals surface area contributed by atoms with Crippen molar-refractivity contribution < 1.29 is 18.7 Å². The van der Waals surface area contributed by atoms with E-state index in [2.05, 4.69) is 4.90 Å². The Hall–Kier alpha value is -2.15. The van der Waals surface area contributed by atoms with Crippen LogP contribution in [0.5, 0.6) is 0 Å². The predicted molar refractivity (Wildman–Crippen MR) is 120 cm³/mol. The summed E-state index contributed by atoms with van der Waals surface area (Å²) in [5.74, 6) is -0.198. The first-order valence-electron chi connectivity index (χ1n) is 12.2. The fraction of sp³-hybridized carbons (Fsp3) is 0.680. The van der Waals surface area contributed by atoms with Gasteiger partial charge in [0.25, 0.3) is 0 Å². The average molecular weight is 444 g/mol. The Balaban J connectivity index is 1.31. The summed E-state index contributed by atoms with van der Waals surface area (Å²) in [7, 11) is 0. The zero-order valence-electron chi connectivity index (χ0n) is 19.2. The van der Waals surface area contributed by atoms with Crippen molar-refractivity contribution in [2.75, 3.05) is 31.1 Å². The summed E-state index contributed by atoms with van der Waals surface area (Å²) in [4.78, 5) is 31.2. The molecular weight excluding hydrogens is 409 g/mol. The molecule has 174 valence electrons. The van der Waals surface area contributed by atoms with Crippen LogP contribution in [0, 0.1) is 5.82 Å². The first-order chi connectivity index (χ1) is 15.4. The number of halogens is 1. The molecule has 0 saturated carbocycles. The highest BCUT2D eigenvalue weighted by Gasteiger charge is 2.48. The molecule has 7 heteroatoms. The molecule has 0 aromatic heterocycles. The van der Waals surface area contributed by atoms with Crippen molar-refractivity contribution in [1.82, 2.24) is 9.80 Å². The largest absolute Gasteiger partial charge is 0.450 e. The number of hydrogen-bond donors (Lipinski definition) is 0. The molecule has 0 N–H and O–H groups in total. The van der Waals surface area contributed by atoms with Gasteiger partial charge in [0.05, 0.1) is 6.61 Å². The first kappa shape index (κ1) is 21.7. The number of ether oxygens (including phenoxy) is 1. The van der Waals surface area contributed by atoms with Crippen molar-refractivity contribution in [3.63, 3.8) is 0 Å². The maximum absolute atomic E-state index is 14.2. The Labute approximate surface area is 189 Å². The molecule has 3 unspecified atom stereocenters. The molecule has 1 aromatic carbocycles. The van der Waals surface area contributed by atoms with E-state index in [1.165, 1.54) is 6.07 Å². The topological polar surface area (TPSA) is 53.1 Å². The smallest absolute Gasteiger partial charge is 0.410 e. The number of rotatable bonds is 2. The van der Waals surface area contributed by atoms with E-state index in [0.29, 0.717) is 19.2 Å². The highest BCUT2D eigenvalue weighted by Crippen LogP contribution is 2.48. The van der Waals surface area contributed by atoms with Crippen molar-refractivity contribution in [1.29, 1.82) is 0 Å². The highest BCUT2D eigenvalue weighted by molar-refractivity contribution is 5.94. The molecule has 4 aliphatic heterocycles. The van der Waals surface area contributed by atoms with Crippen LogP contribution in [0.15, 0.2) is 18.2 Å². The predicted octanol–water partition coefficient (Wildman–Crippen LogP) is 4.07. The summed E-state index contributed by atoms with van der Waals surface area (Å²) < 4.78 is 19.5. The van der Waals surface area contributed by atoms with Crippen LogP contribution in [-0.4, -0.2) is 66.2 Å². The second-order valence-electron chi connectivity index (χ2n) is 10.1. The van der Waals surface area contributed by atoms with Gasteiger partial charge in [-0.3, -0.25) is 4.79 Å². The van der Waals surface area contributed by atoms with Crippen molar-refractivity contribution in [3.8, 4) is 0 Å². The van der Waals surface area contributed by atoms with Gasteiger partial charge in [-0.1, -0.05) is 0 Å². The molecule has 1 aromatic rings. The van der Waals surface area contributed by atoms with E-state index < -0.39 is 0 Å². The minimum absolute atomic E-state index is 0.0266. The van der Waals surface area contributed by atoms with Gasteiger partial charge in [0.1, 0.15) is 5.82 Å². The summed E-state index contributed by atoms with van der Waals surface area (Å²) in [6.07, 6.45) is 6.94. The number of benzene rings is 1. The standard InChI is InChI=1S/C25H34FN3O3/c1-3-32-24(31)29-19-6-7-20(29)15-21(14-19)27-11-4-9-25(10-12-27)16-28(17(2)30)23-8-5-18(26)13-22(23)25/h5,8,13,19-21H,3-4,6-7,9-12,14-16H2,1-2H3. The summed E-state index contributed by atoms with van der Waals surface area (Å²) in [5.41, 5.74) is 1.72. The van der Waals surface area contributed by atoms with E-state index in [1.807, 2.05) is 16.7 Å². The fourth-order valence-electron chi connectivity index (χ4n) is 6.87. The van der Waals surface area contributed by atoms with Crippen LogP contribution in [0.2, 0.25) is 0 Å². The minimum Gasteiger partial charge on any atom is -0.450 e. The number of piperidine rings is 1. The highest BCUT2D eigenvalue weighted by atomic mass is 19.1. The summed E-state index contributed by atoms with van der Waals surface area (Å²) >= 11 is 0. The Morgan fingerprint density at radius 1 is 1.12 bits per heavy atom. The molecule has 4 heterocycles. The Morgan fingerprint density at radius 3 is 2.56 bits per heavy atom. The zero-order valence-corrected chi connectivity index (χ0v) is 19.2. The third kappa shape index (κ3) is 3.58. The second-order valence-corrected chi connectivity index (χ2v) is 10.1. The number of amides is 2. The monoisotopic (exact) mass is 443 g/mol. The Morgan fingerprint density at radius 2 is 1.88 bits per heavy atom. The van der Waals surface area contributed by atoms with Crippen molar-refractivity contribution >= 4 is 17.7 Å². The number of hydrogen-bond acceptors (Lipinski definition) is 4. The maximum Gasteiger partial charge on any atom is 0.410 e. The summed E-state index contributed by atoms with van der Waals surface area (Å²) in [6, 6.07) is 5.93. The van der Waals surface area contributed by atoms with E-state index in [-0.39, 0.29) is 35.3 Å². The number of anilines is 1. The van der Waals surface area contributed by atoms with Crippen LogP contribution in [0.1, 0.15) is 64.4 Å². The van der Waals surface area contributed by atoms with Crippen LogP contribution < -0.4 is 4.90 Å². The molecule has 3 fully saturated rings. The lowest BCUT2D eigenvalue weighted by molar-refractivity contribution is -0.116. The van der Waals surface area contributed by atoms with Crippen LogP contribution in [-0.2, 0) is 14.9 Å². The average Bonchev–Trinajstić information content (AvgIpc) is 3.10. The van der Waals surface area contributed by atoms with E-state index >= 15 is 0 Å². The van der Waals surface area contributed by atoms with E-state index in [9.17, 15) is 14.0 Å². The lowest BCUT2D eigenvalue weighted by atomic mass is 9.76. The molecule has 6 nitrogen and oxygen atoms in total. The van der Waals surface area contributed by atoms with E-state index in [0.717, 1.165) is 69.3 Å². The molecule has 0 radical (unpaired) electrons. The summed E-state index contributed by atoms with van der Waals surface area (Å²) in [6.45, 7) is 6.51. The van der Waals surface area contributed by atoms with Crippen molar-refractivity contribution in [3.05, 3.63) is 29.6 Å². The van der Waals surface area contributed by atoms with Crippen molar-refractivity contribution in [2.24, 2.45) is 0 Å². The lowest BCUT2D eigenvalue weighted by Crippen LogP contribution is -2.53. The quantitative estimate of drug-likeness (QED) is 0.692. The third-order valence-electron chi connectivity index (χ3n) is 8.34. The van der Waals surface area contributed by atoms with Crippen LogP contribution >= 0.6 is 0 Å². The second kappa shape index (κ2) is 8.32. The fourth-order valence-corrected chi connectivity index (χ4v) is 6.87. The SMILES string of the molecule is CCOC(=O)N1C2CCC1CC(N1CCCC3(CC1)CN(C(C)=O)c1ccc(F)cc13)C2. The minimum atomic E-state index is -0.224. The Bertz CT molecular complexity index is 894. The molecule has 5 rings (SSSR count). The molecule has 1 spiro atoms. The summed E-state index contributed by atoms with van der Waals surface area (Å²) in [5, 5.41) is 0. The number of nitrogens with zero attached hydrogens (tertiary/aromatic N) is 3. The lowest BCUT2D eigenvalue weighted by Gasteiger charge is -2.42. The van der Waals surface area contributed by atoms with Crippen LogP contribution in [0.25, 0.3) is 0 Å². The number of likely N-dealkylation sites (tertiary alicyclic amines) is 1. The van der Waals surface area contributed by atoms with Gasteiger partial charge < -0.3 is 19.4 Å². The van der Waals surface area contributed by atoms with Crippen LogP contribution in [0.4, 0.5) is 14.9 Å². The molecule has 2 bridgehead atoms. The zero-order chi connectivity index (χ0) is 22.5. The van der Waals surface area contributed by atoms with Gasteiger partial charge in [-0.2, -0.15) is 0 Å². The number of carbonyl (C=O) groups is 2. The van der Waals surface area contributed by atoms with Crippen molar-refractivity contribution in [2.45, 2.75) is 82.3 Å². The number of fused-ring (bicyclic) bond motifs is 4. The Kier molecular flexibility index (Phi) is 5.64. The van der Waals surface area contributed by atoms with Gasteiger partial charge in [-0.25, -0.2) is 9.18 Å². The number of carbonyl (C=O) groups excluding carboxylic acids is 2. The first-order valence-corrected chi connectivity index (χ1v) is 12.2. The normalized spacial score (nSPS) is 32.2. The molecule has 3 atom stereocenters. The molecule has 2 amide bonds. The molecule has 32 heavy (non-hydrogen) atoms. The molecular formula is C25H34FN3O3. The maximum atomic E-state index is 14.2. The van der Waals surface area contributed by atoms with Gasteiger partial charge in [0, 0.05) is 42.7 Å². The molecule has 0 aliphatic carbocycles. The third-order valence-corrected chi connectivity index (χ3v) is 8.34. The van der Waals surface area contributed by atoms with E-state index in [1.54, 1.807) is 19.1 Å². The van der Waals surface area contributed by atoms with E-state index in [4.69, 9.17) is 4.74 Å². The van der Waals surface area contributed by atoms with Gasteiger partial charge in [-0.15, -0.1) is 0 Å². The van der Waals surface area contributed by atoms with Gasteiger partial charge in [0.2, 0.25) is 5.91 Å². The van der Waals surface area contributed by atoms with Crippen LogP contribution in [0.3, 0.4) is 0 Å². The van der Waals surface area contributed by atoms with Gasteiger partial charge >= 0.3 is 6.09 Å². The molecule has 3 saturated heterocycles.